The predicted molar refractivity (Wildman–Crippen MR) is 91.9 cm³/mol. The molecule has 2 rings (SSSR count). The van der Waals surface area contributed by atoms with Gasteiger partial charge in [0.15, 0.2) is 0 Å². The second kappa shape index (κ2) is 7.77. The van der Waals surface area contributed by atoms with Crippen LogP contribution < -0.4 is 5.32 Å². The van der Waals surface area contributed by atoms with Crippen molar-refractivity contribution in [3.05, 3.63) is 35.4 Å². The Bertz CT molecular complexity index is 473. The van der Waals surface area contributed by atoms with Gasteiger partial charge in [-0.1, -0.05) is 31.2 Å². The van der Waals surface area contributed by atoms with Gasteiger partial charge >= 0.3 is 0 Å². The molecule has 1 heterocycles. The smallest absolute Gasteiger partial charge is 0.237 e. The summed E-state index contributed by atoms with van der Waals surface area (Å²) in [5, 5.41) is 3.38. The lowest BCUT2D eigenvalue weighted by Crippen LogP contribution is -2.50. The number of likely N-dealkylation sites (tertiary alicyclic amines) is 1. The lowest BCUT2D eigenvalue weighted by molar-refractivity contribution is -0.136. The van der Waals surface area contributed by atoms with Gasteiger partial charge in [0.25, 0.3) is 0 Å². The third-order valence-electron chi connectivity index (χ3n) is 4.93. The minimum atomic E-state index is 0.199. The van der Waals surface area contributed by atoms with Crippen molar-refractivity contribution in [2.24, 2.45) is 0 Å². The number of hydrogen-bond acceptors (Lipinski definition) is 2. The average molecular weight is 302 g/mol. The van der Waals surface area contributed by atoms with E-state index in [1.807, 2.05) is 0 Å². The fraction of sp³-hybridized carbons (Fsp3) is 0.632. The van der Waals surface area contributed by atoms with Gasteiger partial charge in [-0.3, -0.25) is 4.79 Å². The quantitative estimate of drug-likeness (QED) is 0.899. The molecule has 0 radical (unpaired) electrons. The first-order chi connectivity index (χ1) is 10.5. The number of aryl methyl sites for hydroxylation is 1. The summed E-state index contributed by atoms with van der Waals surface area (Å²) in [5.41, 5.74) is 2.59. The number of hydrogen-bond donors (Lipinski definition) is 1. The fourth-order valence-corrected chi connectivity index (χ4v) is 3.40. The van der Waals surface area contributed by atoms with Gasteiger partial charge in [0.1, 0.15) is 0 Å². The monoisotopic (exact) mass is 302 g/mol. The molecule has 3 nitrogen and oxygen atoms in total. The van der Waals surface area contributed by atoms with Crippen LogP contribution in [0.2, 0.25) is 0 Å². The zero-order valence-electron chi connectivity index (χ0n) is 14.4. The Morgan fingerprint density at radius 2 is 1.82 bits per heavy atom. The lowest BCUT2D eigenvalue weighted by Gasteiger charge is -2.39. The third-order valence-corrected chi connectivity index (χ3v) is 4.93. The Balaban J connectivity index is 1.89. The summed E-state index contributed by atoms with van der Waals surface area (Å²) >= 11 is 0. The van der Waals surface area contributed by atoms with E-state index in [2.05, 4.69) is 62.2 Å². The molecule has 1 aromatic carbocycles. The SMILES string of the molecule is CCc1ccc(C(C)NCC(=O)N2C(C)CCCC2C)cc1. The highest BCUT2D eigenvalue weighted by Gasteiger charge is 2.28. The van der Waals surface area contributed by atoms with E-state index in [1.54, 1.807) is 0 Å². The Kier molecular flexibility index (Phi) is 6.01. The van der Waals surface area contributed by atoms with Crippen molar-refractivity contribution in [3.63, 3.8) is 0 Å². The van der Waals surface area contributed by atoms with E-state index in [0.717, 1.165) is 19.3 Å². The number of benzene rings is 1. The molecule has 1 saturated heterocycles. The molecular weight excluding hydrogens is 272 g/mol. The maximum atomic E-state index is 12.5. The summed E-state index contributed by atoms with van der Waals surface area (Å²) in [6, 6.07) is 9.61. The van der Waals surface area contributed by atoms with Gasteiger partial charge in [-0.25, -0.2) is 0 Å². The Morgan fingerprint density at radius 1 is 1.23 bits per heavy atom. The largest absolute Gasteiger partial charge is 0.336 e. The van der Waals surface area contributed by atoms with E-state index in [9.17, 15) is 4.79 Å². The van der Waals surface area contributed by atoms with Crippen molar-refractivity contribution in [2.75, 3.05) is 6.54 Å². The van der Waals surface area contributed by atoms with Gasteiger partial charge in [0.2, 0.25) is 5.91 Å². The van der Waals surface area contributed by atoms with Crippen LogP contribution in [-0.4, -0.2) is 29.4 Å². The summed E-state index contributed by atoms with van der Waals surface area (Å²) in [6.45, 7) is 9.04. The van der Waals surface area contributed by atoms with Gasteiger partial charge in [-0.15, -0.1) is 0 Å². The van der Waals surface area contributed by atoms with E-state index in [4.69, 9.17) is 0 Å². The third kappa shape index (κ3) is 4.10. The number of piperidine rings is 1. The van der Waals surface area contributed by atoms with Crippen molar-refractivity contribution >= 4 is 5.91 Å². The van der Waals surface area contributed by atoms with Gasteiger partial charge in [-0.2, -0.15) is 0 Å². The highest BCUT2D eigenvalue weighted by atomic mass is 16.2. The molecule has 0 spiro atoms. The van der Waals surface area contributed by atoms with Gasteiger partial charge in [-0.05, 0) is 57.6 Å². The van der Waals surface area contributed by atoms with Gasteiger partial charge in [0.05, 0.1) is 6.54 Å². The van der Waals surface area contributed by atoms with Crippen LogP contribution in [0.25, 0.3) is 0 Å². The molecule has 22 heavy (non-hydrogen) atoms. The molecule has 0 aromatic heterocycles. The Morgan fingerprint density at radius 3 is 2.36 bits per heavy atom. The molecule has 1 aliphatic rings. The summed E-state index contributed by atoms with van der Waals surface area (Å²) < 4.78 is 0. The van der Waals surface area contributed by atoms with Crippen molar-refractivity contribution in [1.29, 1.82) is 0 Å². The molecule has 3 atom stereocenters. The van der Waals surface area contributed by atoms with E-state index >= 15 is 0 Å². The molecule has 1 amide bonds. The summed E-state index contributed by atoms with van der Waals surface area (Å²) in [7, 11) is 0. The molecule has 1 aliphatic heterocycles. The summed E-state index contributed by atoms with van der Waals surface area (Å²) in [5.74, 6) is 0.233. The van der Waals surface area contributed by atoms with Gasteiger partial charge < -0.3 is 10.2 Å². The number of amides is 1. The number of nitrogens with zero attached hydrogens (tertiary/aromatic N) is 1. The van der Waals surface area contributed by atoms with Crippen molar-refractivity contribution < 1.29 is 4.79 Å². The van der Waals surface area contributed by atoms with Crippen LogP contribution in [0.4, 0.5) is 0 Å². The number of rotatable bonds is 5. The van der Waals surface area contributed by atoms with Crippen LogP contribution in [0.15, 0.2) is 24.3 Å². The average Bonchev–Trinajstić information content (AvgIpc) is 2.52. The van der Waals surface area contributed by atoms with Crippen LogP contribution in [0.3, 0.4) is 0 Å². The van der Waals surface area contributed by atoms with Crippen LogP contribution in [0.1, 0.15) is 64.1 Å². The second-order valence-electron chi connectivity index (χ2n) is 6.63. The first-order valence-electron chi connectivity index (χ1n) is 8.66. The van der Waals surface area contributed by atoms with E-state index < -0.39 is 0 Å². The Hall–Kier alpha value is -1.35. The molecule has 1 fully saturated rings. The van der Waals surface area contributed by atoms with E-state index in [-0.39, 0.29) is 11.9 Å². The van der Waals surface area contributed by atoms with Crippen LogP contribution in [0, 0.1) is 0 Å². The zero-order chi connectivity index (χ0) is 16.1. The first kappa shape index (κ1) is 17.0. The van der Waals surface area contributed by atoms with Crippen LogP contribution >= 0.6 is 0 Å². The molecule has 3 heteroatoms. The maximum Gasteiger partial charge on any atom is 0.237 e. The Labute approximate surface area is 135 Å². The van der Waals surface area contributed by atoms with Crippen molar-refractivity contribution in [2.45, 2.75) is 71.5 Å². The molecule has 122 valence electrons. The first-order valence-corrected chi connectivity index (χ1v) is 8.66. The van der Waals surface area contributed by atoms with Crippen molar-refractivity contribution in [1.82, 2.24) is 10.2 Å². The van der Waals surface area contributed by atoms with Gasteiger partial charge in [0, 0.05) is 18.1 Å². The predicted octanol–water partition coefficient (Wildman–Crippen LogP) is 3.69. The van der Waals surface area contributed by atoms with Crippen LogP contribution in [-0.2, 0) is 11.2 Å². The minimum Gasteiger partial charge on any atom is -0.336 e. The molecule has 0 bridgehead atoms. The topological polar surface area (TPSA) is 32.3 Å². The number of carbonyl (C=O) groups excluding carboxylic acids is 1. The minimum absolute atomic E-state index is 0.199. The zero-order valence-corrected chi connectivity index (χ0v) is 14.4. The molecular formula is C19H30N2O. The van der Waals surface area contributed by atoms with E-state index in [1.165, 1.54) is 17.5 Å². The lowest BCUT2D eigenvalue weighted by atomic mass is 9.97. The van der Waals surface area contributed by atoms with Crippen LogP contribution in [0.5, 0.6) is 0 Å². The molecule has 1 aromatic rings. The normalized spacial score (nSPS) is 23.4. The second-order valence-corrected chi connectivity index (χ2v) is 6.63. The highest BCUT2D eigenvalue weighted by Crippen LogP contribution is 2.22. The molecule has 3 unspecified atom stereocenters. The molecule has 0 aliphatic carbocycles. The van der Waals surface area contributed by atoms with E-state index in [0.29, 0.717) is 18.6 Å². The summed E-state index contributed by atoms with van der Waals surface area (Å²) in [4.78, 5) is 14.6. The molecule has 0 saturated carbocycles. The summed E-state index contributed by atoms with van der Waals surface area (Å²) in [6.07, 6.45) is 4.55. The van der Waals surface area contributed by atoms with Crippen molar-refractivity contribution in [3.8, 4) is 0 Å². The highest BCUT2D eigenvalue weighted by molar-refractivity contribution is 5.79. The standard InChI is InChI=1S/C19H30N2O/c1-5-17-9-11-18(12-10-17)16(4)20-13-19(22)21-14(2)7-6-8-15(21)3/h9-12,14-16,20H,5-8,13H2,1-4H3. The fourth-order valence-electron chi connectivity index (χ4n) is 3.40. The number of carbonyl (C=O) groups is 1. The maximum absolute atomic E-state index is 12.5. The molecule has 1 N–H and O–H groups in total. The number of nitrogens with one attached hydrogen (secondary N) is 1.